The van der Waals surface area contributed by atoms with Crippen LogP contribution in [0.2, 0.25) is 5.02 Å². The van der Waals surface area contributed by atoms with Gasteiger partial charge in [0.1, 0.15) is 16.6 Å². The highest BCUT2D eigenvalue weighted by molar-refractivity contribution is 8.00. The Kier molecular flexibility index (Phi) is 6.34. The van der Waals surface area contributed by atoms with Gasteiger partial charge >= 0.3 is 6.18 Å². The summed E-state index contributed by atoms with van der Waals surface area (Å²) in [6.07, 6.45) is -3.15. The largest absolute Gasteiger partial charge is 0.416 e. The number of carbonyl (C=O) groups excluding carboxylic acids is 1. The van der Waals surface area contributed by atoms with Crippen LogP contribution in [0.4, 0.5) is 18.9 Å². The van der Waals surface area contributed by atoms with E-state index in [1.54, 1.807) is 24.3 Å². The van der Waals surface area contributed by atoms with Gasteiger partial charge in [-0.05, 0) is 29.8 Å². The second kappa shape index (κ2) is 9.18. The minimum Gasteiger partial charge on any atom is -0.323 e. The molecule has 0 radical (unpaired) electrons. The van der Waals surface area contributed by atoms with E-state index in [0.29, 0.717) is 10.6 Å². The lowest BCUT2D eigenvalue weighted by Crippen LogP contribution is -2.20. The number of halogens is 4. The summed E-state index contributed by atoms with van der Waals surface area (Å²) in [5.41, 5.74) is 0.377. The number of thioether (sulfide) groups is 1. The molecule has 3 aromatic carbocycles. The van der Waals surface area contributed by atoms with Crippen molar-refractivity contribution < 1.29 is 18.0 Å². The molecule has 4 nitrogen and oxygen atoms in total. The summed E-state index contributed by atoms with van der Waals surface area (Å²) in [5.74, 6) is -0.523. The SMILES string of the molecule is O=C(Nc1cc(C(F)(F)F)ccc1Cl)C(Sc1ncnc2ccccc12)c1ccccc1. The molecule has 1 unspecified atom stereocenters. The van der Waals surface area contributed by atoms with Gasteiger partial charge in [-0.2, -0.15) is 13.2 Å². The van der Waals surface area contributed by atoms with Crippen molar-refractivity contribution in [1.29, 1.82) is 0 Å². The van der Waals surface area contributed by atoms with E-state index in [4.69, 9.17) is 11.6 Å². The van der Waals surface area contributed by atoms with E-state index in [2.05, 4.69) is 15.3 Å². The molecule has 0 saturated carbocycles. The molecule has 1 atom stereocenters. The first-order valence-corrected chi connectivity index (χ1v) is 10.7. The van der Waals surface area contributed by atoms with Crippen molar-refractivity contribution in [3.8, 4) is 0 Å². The fraction of sp³-hybridized carbons (Fsp3) is 0.0870. The standard InChI is InChI=1S/C23H15ClF3N3OS/c24-17-11-10-15(23(25,26)27)12-19(17)30-21(31)20(14-6-2-1-3-7-14)32-22-16-8-4-5-9-18(16)28-13-29-22/h1-13,20H,(H,30,31). The van der Waals surface area contributed by atoms with Crippen LogP contribution in [0.15, 0.2) is 84.1 Å². The Bertz CT molecular complexity index is 1260. The van der Waals surface area contributed by atoms with Crippen molar-refractivity contribution in [3.63, 3.8) is 0 Å². The zero-order chi connectivity index (χ0) is 22.7. The summed E-state index contributed by atoms with van der Waals surface area (Å²) >= 11 is 7.26. The quantitative estimate of drug-likeness (QED) is 0.256. The molecule has 4 rings (SSSR count). The van der Waals surface area contributed by atoms with E-state index < -0.39 is 22.9 Å². The van der Waals surface area contributed by atoms with Crippen LogP contribution >= 0.6 is 23.4 Å². The van der Waals surface area contributed by atoms with Crippen LogP contribution < -0.4 is 5.32 Å². The molecule has 32 heavy (non-hydrogen) atoms. The Morgan fingerprint density at radius 1 is 0.969 bits per heavy atom. The molecule has 1 N–H and O–H groups in total. The van der Waals surface area contributed by atoms with Gasteiger partial charge in [-0.3, -0.25) is 4.79 Å². The van der Waals surface area contributed by atoms with Crippen LogP contribution in [-0.4, -0.2) is 15.9 Å². The highest BCUT2D eigenvalue weighted by Crippen LogP contribution is 2.39. The number of nitrogens with one attached hydrogen (secondary N) is 1. The Balaban J connectivity index is 1.70. The second-order valence-electron chi connectivity index (χ2n) is 6.79. The number of para-hydroxylation sites is 1. The number of amides is 1. The number of nitrogens with zero attached hydrogens (tertiary/aromatic N) is 2. The third kappa shape index (κ3) is 4.87. The fourth-order valence-corrected chi connectivity index (χ4v) is 4.34. The van der Waals surface area contributed by atoms with Crippen LogP contribution in [-0.2, 0) is 11.0 Å². The molecule has 0 fully saturated rings. The minimum atomic E-state index is -4.56. The monoisotopic (exact) mass is 473 g/mol. The lowest BCUT2D eigenvalue weighted by molar-refractivity contribution is -0.137. The Labute approximate surface area is 190 Å². The molecular weight excluding hydrogens is 459 g/mol. The lowest BCUT2D eigenvalue weighted by atomic mass is 10.1. The zero-order valence-electron chi connectivity index (χ0n) is 16.3. The summed E-state index contributed by atoms with van der Waals surface area (Å²) < 4.78 is 39.4. The Hall–Kier alpha value is -3.10. The number of alkyl halides is 3. The van der Waals surface area contributed by atoms with E-state index in [1.807, 2.05) is 30.3 Å². The first kappa shape index (κ1) is 22.1. The fourth-order valence-electron chi connectivity index (χ4n) is 3.08. The smallest absolute Gasteiger partial charge is 0.323 e. The maximum Gasteiger partial charge on any atom is 0.416 e. The van der Waals surface area contributed by atoms with Crippen molar-refractivity contribution in [1.82, 2.24) is 9.97 Å². The Morgan fingerprint density at radius 3 is 2.44 bits per heavy atom. The van der Waals surface area contributed by atoms with Crippen molar-refractivity contribution >= 4 is 45.9 Å². The summed E-state index contributed by atoms with van der Waals surface area (Å²) in [5, 5.41) is 3.12. The number of aromatic nitrogens is 2. The van der Waals surface area contributed by atoms with Crippen molar-refractivity contribution in [2.24, 2.45) is 0 Å². The lowest BCUT2D eigenvalue weighted by Gasteiger charge is -2.18. The van der Waals surface area contributed by atoms with Gasteiger partial charge < -0.3 is 5.32 Å². The third-order valence-electron chi connectivity index (χ3n) is 4.63. The van der Waals surface area contributed by atoms with E-state index in [-0.39, 0.29) is 10.7 Å². The van der Waals surface area contributed by atoms with Crippen LogP contribution in [0.25, 0.3) is 10.9 Å². The minimum absolute atomic E-state index is 0.00986. The van der Waals surface area contributed by atoms with Crippen LogP contribution in [0.3, 0.4) is 0 Å². The normalized spacial score (nSPS) is 12.5. The van der Waals surface area contributed by atoms with Crippen molar-refractivity contribution in [2.75, 3.05) is 5.32 Å². The highest BCUT2D eigenvalue weighted by atomic mass is 35.5. The molecule has 9 heteroatoms. The molecule has 0 aliphatic rings. The van der Waals surface area contributed by atoms with Gasteiger partial charge in [0.15, 0.2) is 0 Å². The molecule has 1 aromatic heterocycles. The van der Waals surface area contributed by atoms with Crippen molar-refractivity contribution in [3.05, 3.63) is 95.3 Å². The predicted octanol–water partition coefficient (Wildman–Crippen LogP) is 6.77. The van der Waals surface area contributed by atoms with E-state index in [0.717, 1.165) is 29.1 Å². The second-order valence-corrected chi connectivity index (χ2v) is 8.29. The number of hydrogen-bond donors (Lipinski definition) is 1. The van der Waals surface area contributed by atoms with E-state index in [9.17, 15) is 18.0 Å². The van der Waals surface area contributed by atoms with Crippen LogP contribution in [0.1, 0.15) is 16.4 Å². The number of hydrogen-bond acceptors (Lipinski definition) is 4. The van der Waals surface area contributed by atoms with E-state index >= 15 is 0 Å². The molecule has 0 bridgehead atoms. The van der Waals surface area contributed by atoms with E-state index in [1.165, 1.54) is 18.1 Å². The number of carbonyl (C=O) groups is 1. The molecule has 1 amide bonds. The van der Waals surface area contributed by atoms with Gasteiger partial charge in [0.2, 0.25) is 5.91 Å². The predicted molar refractivity (Wildman–Crippen MR) is 120 cm³/mol. The summed E-state index contributed by atoms with van der Waals surface area (Å²) in [6, 6.07) is 19.1. The average molecular weight is 474 g/mol. The van der Waals surface area contributed by atoms with Gasteiger partial charge in [-0.25, -0.2) is 9.97 Å². The molecular formula is C23H15ClF3N3OS. The van der Waals surface area contributed by atoms with Gasteiger partial charge in [-0.1, -0.05) is 71.9 Å². The van der Waals surface area contributed by atoms with Crippen LogP contribution in [0.5, 0.6) is 0 Å². The maximum atomic E-state index is 13.3. The van der Waals surface area contributed by atoms with Gasteiger partial charge in [0.25, 0.3) is 0 Å². The number of fused-ring (bicyclic) bond motifs is 1. The maximum absolute atomic E-state index is 13.3. The first-order valence-electron chi connectivity index (χ1n) is 9.42. The van der Waals surface area contributed by atoms with Gasteiger partial charge in [0, 0.05) is 5.39 Å². The number of rotatable bonds is 5. The third-order valence-corrected chi connectivity index (χ3v) is 6.23. The molecule has 0 spiro atoms. The highest BCUT2D eigenvalue weighted by Gasteiger charge is 2.32. The molecule has 0 aliphatic heterocycles. The number of benzene rings is 3. The molecule has 4 aromatic rings. The molecule has 0 saturated heterocycles. The Morgan fingerprint density at radius 2 is 1.69 bits per heavy atom. The molecule has 162 valence electrons. The molecule has 1 heterocycles. The number of anilines is 1. The van der Waals surface area contributed by atoms with Gasteiger partial charge in [0.05, 0.1) is 21.8 Å². The van der Waals surface area contributed by atoms with Crippen molar-refractivity contribution in [2.45, 2.75) is 16.5 Å². The summed E-state index contributed by atoms with van der Waals surface area (Å²) in [7, 11) is 0. The van der Waals surface area contributed by atoms with Crippen LogP contribution in [0, 0.1) is 0 Å². The van der Waals surface area contributed by atoms with Gasteiger partial charge in [-0.15, -0.1) is 0 Å². The molecule has 0 aliphatic carbocycles. The summed E-state index contributed by atoms with van der Waals surface area (Å²) in [6.45, 7) is 0. The zero-order valence-corrected chi connectivity index (χ0v) is 17.9. The summed E-state index contributed by atoms with van der Waals surface area (Å²) in [4.78, 5) is 21.8. The first-order chi connectivity index (χ1) is 15.3. The topological polar surface area (TPSA) is 54.9 Å². The average Bonchev–Trinajstić information content (AvgIpc) is 2.78.